The molecule has 1 heterocycles. The number of nitrogen functional groups attached to an aromatic ring is 1. The number of nitrogens with one attached hydrogen (secondary N) is 1. The topological polar surface area (TPSA) is 44.5 Å². The van der Waals surface area contributed by atoms with Gasteiger partial charge in [0.25, 0.3) is 0 Å². The molecular formula is C13H22N4. The summed E-state index contributed by atoms with van der Waals surface area (Å²) in [4.78, 5) is 4.91. The van der Waals surface area contributed by atoms with Crippen LogP contribution < -0.4 is 11.1 Å². The lowest BCUT2D eigenvalue weighted by Gasteiger charge is -2.17. The Hall–Kier alpha value is -1.10. The van der Waals surface area contributed by atoms with Crippen LogP contribution in [0.5, 0.6) is 0 Å². The van der Waals surface area contributed by atoms with Crippen molar-refractivity contribution in [3.63, 3.8) is 0 Å². The van der Waals surface area contributed by atoms with Gasteiger partial charge in [-0.2, -0.15) is 0 Å². The largest absolute Gasteiger partial charge is 0.399 e. The van der Waals surface area contributed by atoms with Crippen molar-refractivity contribution in [1.29, 1.82) is 0 Å². The molecule has 0 radical (unpaired) electrons. The zero-order chi connectivity index (χ0) is 12.1. The van der Waals surface area contributed by atoms with Crippen molar-refractivity contribution >= 4 is 5.69 Å². The van der Waals surface area contributed by atoms with E-state index >= 15 is 0 Å². The van der Waals surface area contributed by atoms with E-state index in [1.165, 1.54) is 18.7 Å². The zero-order valence-electron chi connectivity index (χ0n) is 10.5. The summed E-state index contributed by atoms with van der Waals surface area (Å²) in [6, 6.07) is 8.20. The molecule has 1 aromatic rings. The second-order valence-electron chi connectivity index (χ2n) is 4.66. The van der Waals surface area contributed by atoms with Crippen molar-refractivity contribution in [3.05, 3.63) is 29.8 Å². The highest BCUT2D eigenvalue weighted by molar-refractivity contribution is 5.39. The lowest BCUT2D eigenvalue weighted by Crippen LogP contribution is -2.32. The van der Waals surface area contributed by atoms with Gasteiger partial charge >= 0.3 is 0 Å². The molecule has 94 valence electrons. The van der Waals surface area contributed by atoms with Gasteiger partial charge in [0.1, 0.15) is 0 Å². The molecule has 0 saturated carbocycles. The highest BCUT2D eigenvalue weighted by Crippen LogP contribution is 2.09. The highest BCUT2D eigenvalue weighted by atomic mass is 15.4. The van der Waals surface area contributed by atoms with E-state index in [2.05, 4.69) is 27.2 Å². The highest BCUT2D eigenvalue weighted by Gasteiger charge is 2.18. The Morgan fingerprint density at radius 1 is 1.18 bits per heavy atom. The fraction of sp³-hybridized carbons (Fsp3) is 0.538. The number of nitrogens with zero attached hydrogens (tertiary/aromatic N) is 2. The first-order valence-corrected chi connectivity index (χ1v) is 6.21. The molecular weight excluding hydrogens is 212 g/mol. The number of hydrogen-bond donors (Lipinski definition) is 2. The van der Waals surface area contributed by atoms with Gasteiger partial charge < -0.3 is 11.1 Å². The SMILES string of the molecule is CNCN1CCN(CCc2ccc(N)cc2)C1. The summed E-state index contributed by atoms with van der Waals surface area (Å²) in [5.74, 6) is 0. The number of hydrogen-bond acceptors (Lipinski definition) is 4. The predicted octanol–water partition coefficient (Wildman–Crippen LogP) is 0.563. The first-order chi connectivity index (χ1) is 8.28. The van der Waals surface area contributed by atoms with Crippen LogP contribution in [0.1, 0.15) is 5.56 Å². The van der Waals surface area contributed by atoms with Crippen LogP contribution in [0.3, 0.4) is 0 Å². The van der Waals surface area contributed by atoms with Crippen molar-refractivity contribution < 1.29 is 0 Å². The maximum absolute atomic E-state index is 5.67. The Morgan fingerprint density at radius 3 is 2.59 bits per heavy atom. The minimum absolute atomic E-state index is 0.843. The maximum atomic E-state index is 5.67. The van der Waals surface area contributed by atoms with Crippen LogP contribution in [0.15, 0.2) is 24.3 Å². The fourth-order valence-electron chi connectivity index (χ4n) is 2.21. The van der Waals surface area contributed by atoms with Crippen molar-refractivity contribution in [2.24, 2.45) is 0 Å². The van der Waals surface area contributed by atoms with E-state index < -0.39 is 0 Å². The molecule has 1 aromatic carbocycles. The maximum Gasteiger partial charge on any atom is 0.0519 e. The summed E-state index contributed by atoms with van der Waals surface area (Å²) in [6.07, 6.45) is 1.10. The molecule has 17 heavy (non-hydrogen) atoms. The Morgan fingerprint density at radius 2 is 1.88 bits per heavy atom. The number of nitrogens with two attached hydrogens (primary N) is 1. The van der Waals surface area contributed by atoms with E-state index in [0.717, 1.165) is 32.0 Å². The Kier molecular flexibility index (Phi) is 4.36. The minimum Gasteiger partial charge on any atom is -0.399 e. The van der Waals surface area contributed by atoms with Crippen LogP contribution in [0.4, 0.5) is 5.69 Å². The van der Waals surface area contributed by atoms with Gasteiger partial charge in [-0.3, -0.25) is 9.80 Å². The summed E-state index contributed by atoms with van der Waals surface area (Å²) in [7, 11) is 2.00. The van der Waals surface area contributed by atoms with Gasteiger partial charge in [0.2, 0.25) is 0 Å². The number of benzene rings is 1. The average molecular weight is 234 g/mol. The molecule has 0 aromatic heterocycles. The fourth-order valence-corrected chi connectivity index (χ4v) is 2.21. The van der Waals surface area contributed by atoms with Crippen LogP contribution >= 0.6 is 0 Å². The molecule has 4 heteroatoms. The van der Waals surface area contributed by atoms with E-state index in [1.807, 2.05) is 19.2 Å². The van der Waals surface area contributed by atoms with Crippen molar-refractivity contribution in [2.75, 3.05) is 45.8 Å². The molecule has 1 aliphatic heterocycles. The monoisotopic (exact) mass is 234 g/mol. The Bertz CT molecular complexity index is 336. The zero-order valence-corrected chi connectivity index (χ0v) is 10.5. The third-order valence-corrected chi connectivity index (χ3v) is 3.21. The van der Waals surface area contributed by atoms with Gasteiger partial charge in [-0.05, 0) is 31.2 Å². The molecule has 0 aliphatic carbocycles. The van der Waals surface area contributed by atoms with E-state index in [1.54, 1.807) is 0 Å². The molecule has 0 amide bonds. The lowest BCUT2D eigenvalue weighted by molar-refractivity contribution is 0.239. The number of anilines is 1. The van der Waals surface area contributed by atoms with Gasteiger partial charge in [0.15, 0.2) is 0 Å². The molecule has 0 unspecified atom stereocenters. The molecule has 0 bridgehead atoms. The van der Waals surface area contributed by atoms with Gasteiger partial charge in [-0.25, -0.2) is 0 Å². The van der Waals surface area contributed by atoms with Gasteiger partial charge in [0.05, 0.1) is 6.67 Å². The third-order valence-electron chi connectivity index (χ3n) is 3.21. The normalized spacial score (nSPS) is 17.7. The lowest BCUT2D eigenvalue weighted by atomic mass is 10.1. The van der Waals surface area contributed by atoms with E-state index in [4.69, 9.17) is 5.73 Å². The van der Waals surface area contributed by atoms with Crippen molar-refractivity contribution in [1.82, 2.24) is 15.1 Å². The van der Waals surface area contributed by atoms with Crippen molar-refractivity contribution in [2.45, 2.75) is 6.42 Å². The summed E-state index contributed by atoms with van der Waals surface area (Å²) in [6.45, 7) is 5.54. The van der Waals surface area contributed by atoms with E-state index in [-0.39, 0.29) is 0 Å². The van der Waals surface area contributed by atoms with Gasteiger partial charge in [0, 0.05) is 32.0 Å². The molecule has 1 saturated heterocycles. The average Bonchev–Trinajstić information content (AvgIpc) is 2.77. The van der Waals surface area contributed by atoms with Crippen molar-refractivity contribution in [3.8, 4) is 0 Å². The molecule has 2 rings (SSSR count). The van der Waals surface area contributed by atoms with E-state index in [0.29, 0.717) is 0 Å². The molecule has 1 fully saturated rings. The second-order valence-corrected chi connectivity index (χ2v) is 4.66. The molecule has 0 atom stereocenters. The first kappa shape index (κ1) is 12.4. The van der Waals surface area contributed by atoms with Crippen LogP contribution in [0.25, 0.3) is 0 Å². The standard InChI is InChI=1S/C13H22N4/c1-15-10-17-9-8-16(11-17)7-6-12-2-4-13(14)5-3-12/h2-5,15H,6-11,14H2,1H3. The molecule has 1 aliphatic rings. The van der Waals surface area contributed by atoms with Crippen LogP contribution in [0.2, 0.25) is 0 Å². The summed E-state index contributed by atoms with van der Waals surface area (Å²) in [5, 5.41) is 3.20. The summed E-state index contributed by atoms with van der Waals surface area (Å²) < 4.78 is 0. The second kappa shape index (κ2) is 6.00. The van der Waals surface area contributed by atoms with Gasteiger partial charge in [-0.1, -0.05) is 12.1 Å². The summed E-state index contributed by atoms with van der Waals surface area (Å²) >= 11 is 0. The first-order valence-electron chi connectivity index (χ1n) is 6.21. The predicted molar refractivity (Wildman–Crippen MR) is 71.6 cm³/mol. The number of rotatable bonds is 5. The molecule has 4 nitrogen and oxygen atoms in total. The van der Waals surface area contributed by atoms with Crippen LogP contribution in [0, 0.1) is 0 Å². The van der Waals surface area contributed by atoms with Crippen LogP contribution in [-0.2, 0) is 6.42 Å². The quantitative estimate of drug-likeness (QED) is 0.731. The molecule has 0 spiro atoms. The molecule has 3 N–H and O–H groups in total. The smallest absolute Gasteiger partial charge is 0.0519 e. The minimum atomic E-state index is 0.843. The third kappa shape index (κ3) is 3.70. The Labute approximate surface area is 103 Å². The Balaban J connectivity index is 1.74. The van der Waals surface area contributed by atoms with E-state index in [9.17, 15) is 0 Å². The van der Waals surface area contributed by atoms with Gasteiger partial charge in [-0.15, -0.1) is 0 Å². The summed E-state index contributed by atoms with van der Waals surface area (Å²) in [5.41, 5.74) is 7.88. The van der Waals surface area contributed by atoms with Crippen LogP contribution in [-0.4, -0.2) is 49.8 Å².